The molecule has 32 heavy (non-hydrogen) atoms. The Kier molecular flexibility index (Phi) is 5.65. The average molecular weight is 435 g/mol. The van der Waals surface area contributed by atoms with E-state index in [1.54, 1.807) is 26.8 Å². The molecule has 0 spiro atoms. The number of carbonyl (C=O) groups is 2. The lowest BCUT2D eigenvalue weighted by molar-refractivity contribution is -0.142. The molecular weight excluding hydrogens is 410 g/mol. The Hall–Kier alpha value is -3.74. The number of carboxylic acid groups (broad SMARTS) is 1. The van der Waals surface area contributed by atoms with E-state index in [2.05, 4.69) is 5.32 Å². The number of benzene rings is 3. The van der Waals surface area contributed by atoms with E-state index in [-0.39, 0.29) is 19.0 Å². The van der Waals surface area contributed by atoms with Crippen LogP contribution in [0.4, 0.5) is 0 Å². The third-order valence-electron chi connectivity index (χ3n) is 5.33. The van der Waals surface area contributed by atoms with Gasteiger partial charge in [-0.25, -0.2) is 4.79 Å². The van der Waals surface area contributed by atoms with E-state index < -0.39 is 23.3 Å². The van der Waals surface area contributed by atoms with Crippen LogP contribution in [-0.2, 0) is 11.4 Å². The van der Waals surface area contributed by atoms with Gasteiger partial charge in [0.1, 0.15) is 18.4 Å². The predicted octanol–water partition coefficient (Wildman–Crippen LogP) is 4.38. The molecule has 0 radical (unpaired) electrons. The molecule has 3 aromatic carbocycles. The van der Waals surface area contributed by atoms with Gasteiger partial charge >= 0.3 is 5.97 Å². The van der Waals surface area contributed by atoms with Gasteiger partial charge in [0.2, 0.25) is 6.79 Å². The van der Waals surface area contributed by atoms with Crippen molar-refractivity contribution in [1.82, 2.24) is 5.32 Å². The molecular formula is C25H25NO6. The zero-order chi connectivity index (χ0) is 22.9. The summed E-state index contributed by atoms with van der Waals surface area (Å²) in [6, 6.07) is 15.5. The number of rotatable bonds is 6. The van der Waals surface area contributed by atoms with Gasteiger partial charge in [0.15, 0.2) is 11.5 Å². The Morgan fingerprint density at radius 2 is 1.81 bits per heavy atom. The highest BCUT2D eigenvalue weighted by Gasteiger charge is 2.33. The first kappa shape index (κ1) is 21.5. The quantitative estimate of drug-likeness (QED) is 0.597. The minimum atomic E-state index is -1.09. The lowest BCUT2D eigenvalue weighted by atomic mass is 9.86. The third kappa shape index (κ3) is 4.32. The second kappa shape index (κ2) is 8.42. The van der Waals surface area contributed by atoms with Crippen molar-refractivity contribution in [2.45, 2.75) is 33.4 Å². The van der Waals surface area contributed by atoms with Gasteiger partial charge in [-0.1, -0.05) is 57.2 Å². The topological polar surface area (TPSA) is 94.1 Å². The van der Waals surface area contributed by atoms with E-state index in [4.69, 9.17) is 14.2 Å². The number of ether oxygens (including phenoxy) is 3. The van der Waals surface area contributed by atoms with Crippen molar-refractivity contribution >= 4 is 22.6 Å². The summed E-state index contributed by atoms with van der Waals surface area (Å²) in [7, 11) is 0. The first-order chi connectivity index (χ1) is 15.2. The lowest BCUT2D eigenvalue weighted by Gasteiger charge is -2.28. The van der Waals surface area contributed by atoms with E-state index >= 15 is 0 Å². The van der Waals surface area contributed by atoms with Crippen molar-refractivity contribution in [2.24, 2.45) is 5.41 Å². The monoisotopic (exact) mass is 435 g/mol. The number of amides is 1. The molecule has 1 aliphatic heterocycles. The standard InChI is InChI=1S/C25H25NO6/c1-25(2,3)22(24(28)29)26-23(27)18-10-9-16-6-4-5-7-17(16)21(18)30-13-15-8-11-19-20(12-15)32-14-31-19/h4-12,22H,13-14H2,1-3H3,(H,26,27)(H,28,29). The molecule has 1 atom stereocenters. The molecule has 0 aliphatic carbocycles. The fourth-order valence-electron chi connectivity index (χ4n) is 3.62. The molecule has 0 aromatic heterocycles. The summed E-state index contributed by atoms with van der Waals surface area (Å²) >= 11 is 0. The summed E-state index contributed by atoms with van der Waals surface area (Å²) in [4.78, 5) is 24.9. The first-order valence-electron chi connectivity index (χ1n) is 10.3. The second-order valence-electron chi connectivity index (χ2n) is 8.75. The molecule has 1 aliphatic rings. The molecule has 3 aromatic rings. The smallest absolute Gasteiger partial charge is 0.326 e. The van der Waals surface area contributed by atoms with Crippen molar-refractivity contribution in [3.63, 3.8) is 0 Å². The minimum Gasteiger partial charge on any atom is -0.487 e. The summed E-state index contributed by atoms with van der Waals surface area (Å²) in [6.07, 6.45) is 0. The number of carbonyl (C=O) groups excluding carboxylic acids is 1. The van der Waals surface area contributed by atoms with Crippen LogP contribution in [0.2, 0.25) is 0 Å². The fraction of sp³-hybridized carbons (Fsp3) is 0.280. The summed E-state index contributed by atoms with van der Waals surface area (Å²) in [5, 5.41) is 13.9. The van der Waals surface area contributed by atoms with Crippen molar-refractivity contribution in [3.05, 3.63) is 65.7 Å². The average Bonchev–Trinajstić information content (AvgIpc) is 3.22. The van der Waals surface area contributed by atoms with Crippen LogP contribution in [-0.4, -0.2) is 29.8 Å². The lowest BCUT2D eigenvalue weighted by Crippen LogP contribution is -2.49. The van der Waals surface area contributed by atoms with Gasteiger partial charge in [-0.3, -0.25) is 4.79 Å². The fourth-order valence-corrected chi connectivity index (χ4v) is 3.62. The Balaban J connectivity index is 1.66. The number of aliphatic carboxylic acids is 1. The zero-order valence-electron chi connectivity index (χ0n) is 18.2. The van der Waals surface area contributed by atoms with Crippen molar-refractivity contribution in [1.29, 1.82) is 0 Å². The van der Waals surface area contributed by atoms with Gasteiger partial charge in [-0.2, -0.15) is 0 Å². The Morgan fingerprint density at radius 1 is 1.06 bits per heavy atom. The van der Waals surface area contributed by atoms with E-state index in [1.807, 2.05) is 48.5 Å². The third-order valence-corrected chi connectivity index (χ3v) is 5.33. The number of carboxylic acids is 1. The first-order valence-corrected chi connectivity index (χ1v) is 10.3. The summed E-state index contributed by atoms with van der Waals surface area (Å²) < 4.78 is 16.9. The highest BCUT2D eigenvalue weighted by Crippen LogP contribution is 2.34. The maximum absolute atomic E-state index is 13.1. The second-order valence-corrected chi connectivity index (χ2v) is 8.75. The van der Waals surface area contributed by atoms with Crippen LogP contribution in [0.15, 0.2) is 54.6 Å². The summed E-state index contributed by atoms with van der Waals surface area (Å²) in [5.41, 5.74) is 0.470. The largest absolute Gasteiger partial charge is 0.487 e. The molecule has 7 heteroatoms. The Labute approximate surface area is 185 Å². The normalized spacial score (nSPS) is 13.6. The van der Waals surface area contributed by atoms with Gasteiger partial charge < -0.3 is 24.6 Å². The molecule has 4 rings (SSSR count). The Morgan fingerprint density at radius 3 is 2.56 bits per heavy atom. The molecule has 166 valence electrons. The zero-order valence-corrected chi connectivity index (χ0v) is 18.2. The van der Waals surface area contributed by atoms with Crippen molar-refractivity contribution in [3.8, 4) is 17.2 Å². The van der Waals surface area contributed by atoms with Crippen LogP contribution in [0, 0.1) is 5.41 Å². The predicted molar refractivity (Wildman–Crippen MR) is 119 cm³/mol. The molecule has 7 nitrogen and oxygen atoms in total. The molecule has 2 N–H and O–H groups in total. The van der Waals surface area contributed by atoms with Gasteiger partial charge in [0.25, 0.3) is 5.91 Å². The molecule has 1 unspecified atom stereocenters. The molecule has 0 bridgehead atoms. The summed E-state index contributed by atoms with van der Waals surface area (Å²) in [6.45, 7) is 5.69. The van der Waals surface area contributed by atoms with Gasteiger partial charge in [-0.15, -0.1) is 0 Å². The van der Waals surface area contributed by atoms with Gasteiger partial charge in [0.05, 0.1) is 5.56 Å². The van der Waals surface area contributed by atoms with Crippen LogP contribution in [0.5, 0.6) is 17.2 Å². The molecule has 0 saturated heterocycles. The van der Waals surface area contributed by atoms with Crippen LogP contribution in [0.25, 0.3) is 10.8 Å². The number of nitrogens with one attached hydrogen (secondary N) is 1. The number of hydrogen-bond acceptors (Lipinski definition) is 5. The maximum atomic E-state index is 13.1. The van der Waals surface area contributed by atoms with Crippen LogP contribution < -0.4 is 19.5 Å². The van der Waals surface area contributed by atoms with Crippen LogP contribution in [0.1, 0.15) is 36.7 Å². The maximum Gasteiger partial charge on any atom is 0.326 e. The van der Waals surface area contributed by atoms with Crippen molar-refractivity contribution < 1.29 is 28.9 Å². The van der Waals surface area contributed by atoms with Gasteiger partial charge in [0, 0.05) is 5.39 Å². The van der Waals surface area contributed by atoms with E-state index in [9.17, 15) is 14.7 Å². The summed E-state index contributed by atoms with van der Waals surface area (Å²) in [5.74, 6) is 0.141. The highest BCUT2D eigenvalue weighted by atomic mass is 16.7. The molecule has 1 amide bonds. The van der Waals surface area contributed by atoms with Crippen LogP contribution >= 0.6 is 0 Å². The number of fused-ring (bicyclic) bond motifs is 2. The van der Waals surface area contributed by atoms with E-state index in [0.717, 1.165) is 16.3 Å². The van der Waals surface area contributed by atoms with E-state index in [1.165, 1.54) is 0 Å². The van der Waals surface area contributed by atoms with Gasteiger partial charge in [-0.05, 0) is 34.6 Å². The molecule has 0 saturated carbocycles. The minimum absolute atomic E-state index is 0.186. The van der Waals surface area contributed by atoms with Crippen molar-refractivity contribution in [2.75, 3.05) is 6.79 Å². The number of hydrogen-bond donors (Lipinski definition) is 2. The van der Waals surface area contributed by atoms with E-state index in [0.29, 0.717) is 17.2 Å². The molecule has 0 fully saturated rings. The Bertz CT molecular complexity index is 1180. The SMILES string of the molecule is CC(C)(C)C(NC(=O)c1ccc2ccccc2c1OCc1ccc2c(c1)OCO2)C(=O)O. The molecule has 1 heterocycles. The van der Waals surface area contributed by atoms with Crippen LogP contribution in [0.3, 0.4) is 0 Å². The highest BCUT2D eigenvalue weighted by molar-refractivity contribution is 6.05.